The summed E-state index contributed by atoms with van der Waals surface area (Å²) in [5, 5.41) is 9.44. The van der Waals surface area contributed by atoms with Gasteiger partial charge in [-0.15, -0.1) is 0 Å². The van der Waals surface area contributed by atoms with E-state index in [4.69, 9.17) is 10.00 Å². The van der Waals surface area contributed by atoms with Gasteiger partial charge in [0.2, 0.25) is 5.91 Å². The maximum Gasteiger partial charge on any atom is 0.258 e. The van der Waals surface area contributed by atoms with Crippen LogP contribution in [0, 0.1) is 11.3 Å². The number of fused-ring (bicyclic) bond motifs is 1. The lowest BCUT2D eigenvalue weighted by Gasteiger charge is -2.36. The van der Waals surface area contributed by atoms with Crippen LogP contribution in [-0.4, -0.2) is 47.0 Å². The molecule has 5 rings (SSSR count). The number of anilines is 1. The third kappa shape index (κ3) is 5.62. The van der Waals surface area contributed by atoms with E-state index in [2.05, 4.69) is 20.9 Å². The second kappa shape index (κ2) is 11.0. The molecule has 0 saturated carbocycles. The van der Waals surface area contributed by atoms with Crippen molar-refractivity contribution in [1.82, 2.24) is 14.9 Å². The molecule has 4 aromatic rings. The number of aromatic amines is 1. The monoisotopic (exact) mass is 493 g/mol. The molecular weight excluding hydrogens is 466 g/mol. The summed E-state index contributed by atoms with van der Waals surface area (Å²) in [6.07, 6.45) is 0.602. The van der Waals surface area contributed by atoms with Gasteiger partial charge in [0, 0.05) is 44.7 Å². The Labute approximate surface area is 214 Å². The highest BCUT2D eigenvalue weighted by molar-refractivity contribution is 5.83. The van der Waals surface area contributed by atoms with Gasteiger partial charge in [0.1, 0.15) is 23.7 Å². The fourth-order valence-electron chi connectivity index (χ4n) is 4.50. The number of benzene rings is 3. The summed E-state index contributed by atoms with van der Waals surface area (Å²) in [4.78, 5) is 37.2. The molecule has 1 saturated heterocycles. The van der Waals surface area contributed by atoms with E-state index in [0.29, 0.717) is 54.2 Å². The Bertz CT molecular complexity index is 1480. The highest BCUT2D eigenvalue weighted by Gasteiger charge is 2.21. The van der Waals surface area contributed by atoms with E-state index < -0.39 is 0 Å². The van der Waals surface area contributed by atoms with E-state index in [1.54, 1.807) is 18.2 Å². The van der Waals surface area contributed by atoms with Crippen molar-refractivity contribution in [3.63, 3.8) is 0 Å². The van der Waals surface area contributed by atoms with Crippen molar-refractivity contribution in [3.05, 3.63) is 100 Å². The lowest BCUT2D eigenvalue weighted by molar-refractivity contribution is -0.131. The molecule has 8 heteroatoms. The lowest BCUT2D eigenvalue weighted by atomic mass is 10.1. The van der Waals surface area contributed by atoms with Crippen LogP contribution in [-0.2, 0) is 17.8 Å². The molecule has 1 aromatic heterocycles. The van der Waals surface area contributed by atoms with Gasteiger partial charge in [0.05, 0.1) is 17.0 Å². The second-order valence-corrected chi connectivity index (χ2v) is 8.97. The Balaban J connectivity index is 1.21. The number of ether oxygens (including phenoxy) is 1. The minimum atomic E-state index is -0.242. The maximum atomic E-state index is 12.9. The van der Waals surface area contributed by atoms with Crippen molar-refractivity contribution in [3.8, 4) is 11.8 Å². The van der Waals surface area contributed by atoms with Crippen molar-refractivity contribution < 1.29 is 9.53 Å². The SMILES string of the molecule is N#Cc1ccc(N2CCN(C(=O)CCc3nc4c(OCc5ccccc5)cccc4c(=O)[nH]3)CC2)cc1. The van der Waals surface area contributed by atoms with Gasteiger partial charge < -0.3 is 19.5 Å². The van der Waals surface area contributed by atoms with Crippen molar-refractivity contribution in [2.24, 2.45) is 0 Å². The summed E-state index contributed by atoms with van der Waals surface area (Å²) in [5.74, 6) is 1.05. The van der Waals surface area contributed by atoms with Crippen molar-refractivity contribution >= 4 is 22.5 Å². The fraction of sp³-hybridized carbons (Fsp3) is 0.241. The Morgan fingerprint density at radius 3 is 2.46 bits per heavy atom. The van der Waals surface area contributed by atoms with E-state index in [1.165, 1.54) is 0 Å². The van der Waals surface area contributed by atoms with Crippen molar-refractivity contribution in [2.45, 2.75) is 19.4 Å². The topological polar surface area (TPSA) is 102 Å². The Kier molecular flexibility index (Phi) is 7.13. The average Bonchev–Trinajstić information content (AvgIpc) is 2.95. The molecule has 1 fully saturated rings. The normalized spacial score (nSPS) is 13.4. The van der Waals surface area contributed by atoms with Gasteiger partial charge in [-0.3, -0.25) is 9.59 Å². The Morgan fingerprint density at radius 2 is 1.73 bits per heavy atom. The minimum Gasteiger partial charge on any atom is -0.487 e. The average molecular weight is 494 g/mol. The number of aryl methyl sites for hydroxylation is 1. The summed E-state index contributed by atoms with van der Waals surface area (Å²) in [7, 11) is 0. The van der Waals surface area contributed by atoms with Crippen LogP contribution in [0.5, 0.6) is 5.75 Å². The summed E-state index contributed by atoms with van der Waals surface area (Å²) >= 11 is 0. The second-order valence-electron chi connectivity index (χ2n) is 8.97. The number of piperazine rings is 1. The number of nitrogens with one attached hydrogen (secondary N) is 1. The van der Waals surface area contributed by atoms with Crippen LogP contribution >= 0.6 is 0 Å². The Morgan fingerprint density at radius 1 is 0.973 bits per heavy atom. The number of aromatic nitrogens is 2. The van der Waals surface area contributed by atoms with Crippen molar-refractivity contribution in [2.75, 3.05) is 31.1 Å². The van der Waals surface area contributed by atoms with Gasteiger partial charge in [-0.05, 0) is 42.0 Å². The predicted octanol–water partition coefficient (Wildman–Crippen LogP) is 3.66. The summed E-state index contributed by atoms with van der Waals surface area (Å²) in [6.45, 7) is 3.07. The molecule has 0 spiro atoms. The zero-order valence-corrected chi connectivity index (χ0v) is 20.4. The highest BCUT2D eigenvalue weighted by atomic mass is 16.5. The smallest absolute Gasteiger partial charge is 0.258 e. The number of rotatable bonds is 7. The van der Waals surface area contributed by atoms with E-state index in [9.17, 15) is 9.59 Å². The molecule has 186 valence electrons. The third-order valence-corrected chi connectivity index (χ3v) is 6.55. The first-order valence-electron chi connectivity index (χ1n) is 12.3. The van der Waals surface area contributed by atoms with Crippen LogP contribution in [0.1, 0.15) is 23.4 Å². The van der Waals surface area contributed by atoms with Gasteiger partial charge in [-0.1, -0.05) is 36.4 Å². The predicted molar refractivity (Wildman–Crippen MR) is 141 cm³/mol. The third-order valence-electron chi connectivity index (χ3n) is 6.55. The van der Waals surface area contributed by atoms with Gasteiger partial charge in [-0.2, -0.15) is 5.26 Å². The van der Waals surface area contributed by atoms with E-state index in [0.717, 1.165) is 24.3 Å². The first-order chi connectivity index (χ1) is 18.1. The molecule has 0 unspecified atom stereocenters. The van der Waals surface area contributed by atoms with Crippen LogP contribution in [0.3, 0.4) is 0 Å². The zero-order valence-electron chi connectivity index (χ0n) is 20.4. The maximum absolute atomic E-state index is 12.9. The lowest BCUT2D eigenvalue weighted by Crippen LogP contribution is -2.48. The minimum absolute atomic E-state index is 0.0378. The van der Waals surface area contributed by atoms with Crippen LogP contribution in [0.4, 0.5) is 5.69 Å². The molecule has 3 aromatic carbocycles. The summed E-state index contributed by atoms with van der Waals surface area (Å²) in [5.41, 5.74) is 2.96. The molecule has 1 N–H and O–H groups in total. The zero-order chi connectivity index (χ0) is 25.6. The highest BCUT2D eigenvalue weighted by Crippen LogP contribution is 2.23. The molecule has 1 aliphatic rings. The van der Waals surface area contributed by atoms with E-state index >= 15 is 0 Å². The fourth-order valence-corrected chi connectivity index (χ4v) is 4.50. The number of H-pyrrole nitrogens is 1. The number of nitrogens with zero attached hydrogens (tertiary/aromatic N) is 4. The molecule has 0 atom stereocenters. The molecular formula is C29H27N5O3. The molecule has 0 radical (unpaired) electrons. The van der Waals surface area contributed by atoms with E-state index in [1.807, 2.05) is 59.5 Å². The molecule has 2 heterocycles. The summed E-state index contributed by atoms with van der Waals surface area (Å²) in [6, 6.07) is 24.7. The molecule has 1 aliphatic heterocycles. The molecule has 1 amide bonds. The molecule has 37 heavy (non-hydrogen) atoms. The summed E-state index contributed by atoms with van der Waals surface area (Å²) < 4.78 is 5.98. The first kappa shape index (κ1) is 24.1. The number of carbonyl (C=O) groups is 1. The number of nitriles is 1. The van der Waals surface area contributed by atoms with Gasteiger partial charge in [-0.25, -0.2) is 4.98 Å². The van der Waals surface area contributed by atoms with Crippen LogP contribution in [0.25, 0.3) is 10.9 Å². The first-order valence-corrected chi connectivity index (χ1v) is 12.3. The molecule has 8 nitrogen and oxygen atoms in total. The van der Waals surface area contributed by atoms with Gasteiger partial charge >= 0.3 is 0 Å². The number of hydrogen-bond acceptors (Lipinski definition) is 6. The van der Waals surface area contributed by atoms with Crippen LogP contribution in [0.15, 0.2) is 77.6 Å². The van der Waals surface area contributed by atoms with Crippen LogP contribution in [0.2, 0.25) is 0 Å². The largest absolute Gasteiger partial charge is 0.487 e. The molecule has 0 aliphatic carbocycles. The van der Waals surface area contributed by atoms with Gasteiger partial charge in [0.25, 0.3) is 5.56 Å². The molecule has 0 bridgehead atoms. The number of amides is 1. The number of hydrogen-bond donors (Lipinski definition) is 1. The standard InChI is InChI=1S/C29H27N5O3/c30-19-21-9-11-23(12-10-21)33-15-17-34(18-16-33)27(35)14-13-26-31-28-24(29(36)32-26)7-4-8-25(28)37-20-22-5-2-1-3-6-22/h1-12H,13-18,20H2,(H,31,32,36). The number of carbonyl (C=O) groups excluding carboxylic acids is 1. The Hall–Kier alpha value is -4.64. The van der Waals surface area contributed by atoms with Gasteiger partial charge in [0.15, 0.2) is 0 Å². The quantitative estimate of drug-likeness (QED) is 0.422. The van der Waals surface area contributed by atoms with Crippen molar-refractivity contribution in [1.29, 1.82) is 5.26 Å². The van der Waals surface area contributed by atoms with Crippen LogP contribution < -0.4 is 15.2 Å². The number of para-hydroxylation sites is 1. The van der Waals surface area contributed by atoms with E-state index in [-0.39, 0.29) is 17.9 Å².